The normalized spacial score (nSPS) is 10.7. The van der Waals surface area contributed by atoms with E-state index < -0.39 is 6.09 Å². The Morgan fingerprint density at radius 2 is 1.33 bits per heavy atom. The molecule has 0 spiro atoms. The minimum Gasteiger partial charge on any atom is -0.410 e. The lowest BCUT2D eigenvalue weighted by Gasteiger charge is -2.23. The summed E-state index contributed by atoms with van der Waals surface area (Å²) < 4.78 is 5.77. The molecule has 5 nitrogen and oxygen atoms in total. The average Bonchev–Trinajstić information content (AvgIpc) is 2.81. The number of rotatable bonds is 9. The van der Waals surface area contributed by atoms with Crippen LogP contribution < -0.4 is 19.9 Å². The molecule has 3 aromatic rings. The summed E-state index contributed by atoms with van der Waals surface area (Å²) in [7, 11) is 8.14. The molecule has 0 aliphatic carbocycles. The first kappa shape index (κ1) is 24.2. The molecule has 174 valence electrons. The van der Waals surface area contributed by atoms with Gasteiger partial charge < -0.3 is 19.9 Å². The van der Waals surface area contributed by atoms with Crippen LogP contribution in [0.3, 0.4) is 0 Å². The van der Waals surface area contributed by atoms with E-state index in [9.17, 15) is 4.79 Å². The zero-order valence-electron chi connectivity index (χ0n) is 20.3. The topological polar surface area (TPSA) is 44.8 Å². The van der Waals surface area contributed by atoms with Crippen molar-refractivity contribution in [2.75, 3.05) is 44.5 Å². The van der Waals surface area contributed by atoms with E-state index in [1.165, 1.54) is 0 Å². The fourth-order valence-electron chi connectivity index (χ4n) is 3.80. The SMILES string of the molecule is CCCCNC(=O)Oc1ccccc1C(c1ccc(N(C)C)cc1)c1ccc(N(C)C)cc1. The summed E-state index contributed by atoms with van der Waals surface area (Å²) in [6.07, 6.45) is 1.53. The summed E-state index contributed by atoms with van der Waals surface area (Å²) in [5.74, 6) is 0.502. The summed E-state index contributed by atoms with van der Waals surface area (Å²) in [6, 6.07) is 24.9. The van der Waals surface area contributed by atoms with Gasteiger partial charge >= 0.3 is 6.09 Å². The van der Waals surface area contributed by atoms with Crippen LogP contribution in [0.15, 0.2) is 72.8 Å². The van der Waals surface area contributed by atoms with Gasteiger partial charge in [-0.3, -0.25) is 0 Å². The first-order valence-electron chi connectivity index (χ1n) is 11.5. The number of nitrogens with zero attached hydrogens (tertiary/aromatic N) is 2. The predicted octanol–water partition coefficient (Wildman–Crippen LogP) is 5.89. The van der Waals surface area contributed by atoms with Crippen LogP contribution >= 0.6 is 0 Å². The summed E-state index contributed by atoms with van der Waals surface area (Å²) in [6.45, 7) is 2.70. The Balaban J connectivity index is 2.02. The fourth-order valence-corrected chi connectivity index (χ4v) is 3.80. The van der Waals surface area contributed by atoms with Crippen molar-refractivity contribution in [3.8, 4) is 5.75 Å². The van der Waals surface area contributed by atoms with Crippen molar-refractivity contribution in [1.29, 1.82) is 0 Å². The van der Waals surface area contributed by atoms with Gasteiger partial charge in [-0.25, -0.2) is 4.79 Å². The zero-order chi connectivity index (χ0) is 23.8. The number of unbranched alkanes of at least 4 members (excludes halogenated alkanes) is 1. The van der Waals surface area contributed by atoms with Crippen LogP contribution in [-0.4, -0.2) is 40.8 Å². The first-order chi connectivity index (χ1) is 15.9. The van der Waals surface area contributed by atoms with E-state index >= 15 is 0 Å². The van der Waals surface area contributed by atoms with Crippen LogP contribution in [0.25, 0.3) is 0 Å². The molecule has 3 aromatic carbocycles. The number of anilines is 2. The molecule has 33 heavy (non-hydrogen) atoms. The second kappa shape index (κ2) is 11.4. The molecule has 0 saturated carbocycles. The van der Waals surface area contributed by atoms with Crippen molar-refractivity contribution in [3.05, 3.63) is 89.5 Å². The molecule has 0 heterocycles. The Morgan fingerprint density at radius 1 is 0.818 bits per heavy atom. The predicted molar refractivity (Wildman–Crippen MR) is 138 cm³/mol. The molecular formula is C28H35N3O2. The monoisotopic (exact) mass is 445 g/mol. The maximum Gasteiger partial charge on any atom is 0.412 e. The van der Waals surface area contributed by atoms with Crippen LogP contribution in [-0.2, 0) is 0 Å². The molecule has 0 aromatic heterocycles. The molecule has 0 atom stereocenters. The number of carbonyl (C=O) groups excluding carboxylic acids is 1. The average molecular weight is 446 g/mol. The van der Waals surface area contributed by atoms with E-state index in [4.69, 9.17) is 4.74 Å². The number of amides is 1. The second-order valence-electron chi connectivity index (χ2n) is 8.61. The van der Waals surface area contributed by atoms with Crippen LogP contribution in [0.5, 0.6) is 5.75 Å². The Morgan fingerprint density at radius 3 is 1.82 bits per heavy atom. The van der Waals surface area contributed by atoms with E-state index in [0.717, 1.165) is 40.9 Å². The molecule has 3 rings (SSSR count). The van der Waals surface area contributed by atoms with Gasteiger partial charge in [0.15, 0.2) is 0 Å². The van der Waals surface area contributed by atoms with Gasteiger partial charge in [0.1, 0.15) is 5.75 Å². The van der Waals surface area contributed by atoms with Crippen molar-refractivity contribution in [3.63, 3.8) is 0 Å². The van der Waals surface area contributed by atoms with E-state index in [0.29, 0.717) is 12.3 Å². The van der Waals surface area contributed by atoms with Gasteiger partial charge in [0.25, 0.3) is 0 Å². The summed E-state index contributed by atoms with van der Waals surface area (Å²) in [5.41, 5.74) is 5.51. The third-order valence-corrected chi connectivity index (χ3v) is 5.72. The van der Waals surface area contributed by atoms with Gasteiger partial charge in [0, 0.05) is 57.6 Å². The van der Waals surface area contributed by atoms with Gasteiger partial charge in [-0.2, -0.15) is 0 Å². The molecule has 1 amide bonds. The number of hydrogen-bond acceptors (Lipinski definition) is 4. The largest absolute Gasteiger partial charge is 0.412 e. The number of para-hydroxylation sites is 1. The van der Waals surface area contributed by atoms with Crippen molar-refractivity contribution < 1.29 is 9.53 Å². The van der Waals surface area contributed by atoms with Crippen LogP contribution in [0, 0.1) is 0 Å². The van der Waals surface area contributed by atoms with Gasteiger partial charge in [0.2, 0.25) is 0 Å². The van der Waals surface area contributed by atoms with Gasteiger partial charge in [0.05, 0.1) is 0 Å². The maximum atomic E-state index is 12.4. The van der Waals surface area contributed by atoms with Gasteiger partial charge in [-0.15, -0.1) is 0 Å². The Labute approximate surface area is 198 Å². The Hall–Kier alpha value is -3.47. The third kappa shape index (κ3) is 6.28. The van der Waals surface area contributed by atoms with Crippen molar-refractivity contribution in [1.82, 2.24) is 5.32 Å². The minimum atomic E-state index is -0.416. The van der Waals surface area contributed by atoms with E-state index in [-0.39, 0.29) is 5.92 Å². The van der Waals surface area contributed by atoms with Gasteiger partial charge in [-0.05, 0) is 47.9 Å². The number of carbonyl (C=O) groups is 1. The fraction of sp³-hybridized carbons (Fsp3) is 0.321. The molecule has 1 N–H and O–H groups in total. The highest BCUT2D eigenvalue weighted by Gasteiger charge is 2.22. The maximum absolute atomic E-state index is 12.4. The van der Waals surface area contributed by atoms with E-state index in [2.05, 4.69) is 70.6 Å². The number of hydrogen-bond donors (Lipinski definition) is 1. The highest BCUT2D eigenvalue weighted by molar-refractivity contribution is 5.71. The Bertz CT molecular complexity index is 976. The van der Waals surface area contributed by atoms with Crippen molar-refractivity contribution in [2.24, 2.45) is 0 Å². The highest BCUT2D eigenvalue weighted by atomic mass is 16.6. The quantitative estimate of drug-likeness (QED) is 0.330. The number of benzene rings is 3. The lowest BCUT2D eigenvalue weighted by atomic mass is 9.84. The minimum absolute atomic E-state index is 0.0722. The smallest absolute Gasteiger partial charge is 0.410 e. The zero-order valence-corrected chi connectivity index (χ0v) is 20.3. The number of ether oxygens (including phenoxy) is 1. The molecular weight excluding hydrogens is 410 g/mol. The third-order valence-electron chi connectivity index (χ3n) is 5.72. The summed E-state index contributed by atoms with van der Waals surface area (Å²) in [5, 5.41) is 2.85. The molecule has 0 fully saturated rings. The molecule has 0 radical (unpaired) electrons. The van der Waals surface area contributed by atoms with Crippen molar-refractivity contribution >= 4 is 17.5 Å². The lowest BCUT2D eigenvalue weighted by Crippen LogP contribution is -2.28. The molecule has 0 aliphatic rings. The van der Waals surface area contributed by atoms with Crippen molar-refractivity contribution in [2.45, 2.75) is 25.7 Å². The molecule has 5 heteroatoms. The number of nitrogens with one attached hydrogen (secondary N) is 1. The highest BCUT2D eigenvalue weighted by Crippen LogP contribution is 2.38. The summed E-state index contributed by atoms with van der Waals surface area (Å²) in [4.78, 5) is 16.6. The van der Waals surface area contributed by atoms with Crippen LogP contribution in [0.4, 0.5) is 16.2 Å². The second-order valence-corrected chi connectivity index (χ2v) is 8.61. The van der Waals surface area contributed by atoms with Crippen LogP contribution in [0.1, 0.15) is 42.4 Å². The van der Waals surface area contributed by atoms with Gasteiger partial charge in [-0.1, -0.05) is 55.8 Å². The molecule has 0 bridgehead atoms. The van der Waals surface area contributed by atoms with Crippen LogP contribution in [0.2, 0.25) is 0 Å². The first-order valence-corrected chi connectivity index (χ1v) is 11.5. The van der Waals surface area contributed by atoms with E-state index in [1.54, 1.807) is 0 Å². The molecule has 0 unspecified atom stereocenters. The lowest BCUT2D eigenvalue weighted by molar-refractivity contribution is 0.200. The summed E-state index contributed by atoms with van der Waals surface area (Å²) >= 11 is 0. The molecule has 0 aliphatic heterocycles. The molecule has 0 saturated heterocycles. The Kier molecular flexibility index (Phi) is 8.36. The standard InChI is InChI=1S/C28H35N3O2/c1-6-7-20-29-28(32)33-26-11-9-8-10-25(26)27(21-12-16-23(17-13-21)30(2)3)22-14-18-24(19-15-22)31(4)5/h8-19,27H,6-7,20H2,1-5H3,(H,29,32). The van der Waals surface area contributed by atoms with E-state index in [1.807, 2.05) is 52.5 Å².